The van der Waals surface area contributed by atoms with Crippen molar-refractivity contribution < 1.29 is 18.7 Å². The zero-order valence-corrected chi connectivity index (χ0v) is 10.0. The quantitative estimate of drug-likeness (QED) is 0.920. The minimum absolute atomic E-state index is 0.0900. The molecule has 0 saturated heterocycles. The molecular formula is C14H12FNO3. The second-order valence-electron chi connectivity index (χ2n) is 3.78. The lowest BCUT2D eigenvalue weighted by molar-refractivity contribution is 0.210. The molecule has 0 atom stereocenters. The number of hydrogen-bond donors (Lipinski definition) is 1. The fourth-order valence-corrected chi connectivity index (χ4v) is 1.52. The molecule has 2 rings (SSSR count). The number of carbonyl (C=O) groups is 1. The lowest BCUT2D eigenvalue weighted by atomic mass is 10.2. The van der Waals surface area contributed by atoms with Crippen molar-refractivity contribution in [2.45, 2.75) is 6.61 Å². The first-order chi connectivity index (χ1) is 9.15. The van der Waals surface area contributed by atoms with Gasteiger partial charge in [0.05, 0.1) is 0 Å². The Kier molecular flexibility index (Phi) is 3.97. The zero-order valence-electron chi connectivity index (χ0n) is 10.0. The van der Waals surface area contributed by atoms with E-state index in [2.05, 4.69) is 0 Å². The summed E-state index contributed by atoms with van der Waals surface area (Å²) in [5, 5.41) is 0. The number of amides is 1. The predicted octanol–water partition coefficient (Wildman–Crippen LogP) is 2.86. The minimum atomic E-state index is -0.897. The number of ether oxygens (including phenoxy) is 2. The van der Waals surface area contributed by atoms with Gasteiger partial charge >= 0.3 is 6.09 Å². The van der Waals surface area contributed by atoms with Gasteiger partial charge in [0.15, 0.2) is 0 Å². The third kappa shape index (κ3) is 3.70. The molecule has 0 radical (unpaired) electrons. The van der Waals surface area contributed by atoms with Gasteiger partial charge in [0.25, 0.3) is 0 Å². The van der Waals surface area contributed by atoms with E-state index >= 15 is 0 Å². The molecule has 0 fully saturated rings. The van der Waals surface area contributed by atoms with E-state index in [1.165, 1.54) is 12.1 Å². The van der Waals surface area contributed by atoms with Crippen LogP contribution in [0.2, 0.25) is 0 Å². The lowest BCUT2D eigenvalue weighted by Gasteiger charge is -2.08. The van der Waals surface area contributed by atoms with Crippen molar-refractivity contribution in [1.29, 1.82) is 0 Å². The van der Waals surface area contributed by atoms with Crippen molar-refractivity contribution in [3.63, 3.8) is 0 Å². The summed E-state index contributed by atoms with van der Waals surface area (Å²) in [6.45, 7) is 0.0900. The summed E-state index contributed by atoms with van der Waals surface area (Å²) < 4.78 is 23.5. The third-order valence-electron chi connectivity index (χ3n) is 2.38. The number of nitrogens with two attached hydrogens (primary N) is 1. The Morgan fingerprint density at radius 2 is 1.84 bits per heavy atom. The molecule has 0 unspecified atom stereocenters. The van der Waals surface area contributed by atoms with Crippen LogP contribution in [-0.4, -0.2) is 6.09 Å². The Hall–Kier alpha value is -2.56. The Labute approximate surface area is 109 Å². The van der Waals surface area contributed by atoms with Crippen LogP contribution < -0.4 is 15.2 Å². The van der Waals surface area contributed by atoms with Gasteiger partial charge in [-0.2, -0.15) is 0 Å². The van der Waals surface area contributed by atoms with E-state index in [1.54, 1.807) is 36.4 Å². The van der Waals surface area contributed by atoms with Crippen LogP contribution in [0.25, 0.3) is 0 Å². The maximum Gasteiger partial charge on any atom is 0.409 e. The molecule has 0 bridgehead atoms. The topological polar surface area (TPSA) is 61.6 Å². The third-order valence-corrected chi connectivity index (χ3v) is 2.38. The van der Waals surface area contributed by atoms with Crippen molar-refractivity contribution in [3.8, 4) is 11.5 Å². The van der Waals surface area contributed by atoms with Crippen molar-refractivity contribution in [2.75, 3.05) is 0 Å². The predicted molar refractivity (Wildman–Crippen MR) is 67.4 cm³/mol. The van der Waals surface area contributed by atoms with Crippen LogP contribution in [0.5, 0.6) is 11.5 Å². The SMILES string of the molecule is NC(=O)Oc1cccc(OCc2ccccc2F)c1. The summed E-state index contributed by atoms with van der Waals surface area (Å²) in [6, 6.07) is 12.7. The molecule has 4 nitrogen and oxygen atoms in total. The molecule has 2 aromatic rings. The van der Waals surface area contributed by atoms with Gasteiger partial charge in [0.1, 0.15) is 23.9 Å². The van der Waals surface area contributed by atoms with E-state index in [0.717, 1.165) is 0 Å². The molecule has 5 heteroatoms. The number of primary amides is 1. The van der Waals surface area contributed by atoms with Gasteiger partial charge in [-0.25, -0.2) is 9.18 Å². The first-order valence-electron chi connectivity index (χ1n) is 5.59. The number of hydrogen-bond acceptors (Lipinski definition) is 3. The molecule has 2 aromatic carbocycles. The van der Waals surface area contributed by atoms with Gasteiger partial charge in [-0.3, -0.25) is 0 Å². The highest BCUT2D eigenvalue weighted by atomic mass is 19.1. The number of halogens is 1. The normalized spacial score (nSPS) is 9.95. The molecule has 0 spiro atoms. The fourth-order valence-electron chi connectivity index (χ4n) is 1.52. The van der Waals surface area contributed by atoms with Crippen LogP contribution in [0.15, 0.2) is 48.5 Å². The van der Waals surface area contributed by atoms with E-state index in [1.807, 2.05) is 0 Å². The molecule has 0 saturated carbocycles. The second kappa shape index (κ2) is 5.86. The summed E-state index contributed by atoms with van der Waals surface area (Å²) in [5.74, 6) is 0.410. The summed E-state index contributed by atoms with van der Waals surface area (Å²) in [4.78, 5) is 10.6. The average molecular weight is 261 g/mol. The van der Waals surface area contributed by atoms with Crippen LogP contribution in [0.4, 0.5) is 9.18 Å². The molecule has 0 aromatic heterocycles. The van der Waals surface area contributed by atoms with E-state index in [0.29, 0.717) is 11.3 Å². The van der Waals surface area contributed by atoms with Gasteiger partial charge in [0.2, 0.25) is 0 Å². The summed E-state index contributed by atoms with van der Waals surface area (Å²) >= 11 is 0. The molecule has 2 N–H and O–H groups in total. The highest BCUT2D eigenvalue weighted by Crippen LogP contribution is 2.20. The average Bonchev–Trinajstić information content (AvgIpc) is 2.37. The molecule has 0 aliphatic carbocycles. The Balaban J connectivity index is 2.03. The number of rotatable bonds is 4. The van der Waals surface area contributed by atoms with Gasteiger partial charge in [0, 0.05) is 11.6 Å². The van der Waals surface area contributed by atoms with Crippen LogP contribution in [-0.2, 0) is 6.61 Å². The summed E-state index contributed by atoms with van der Waals surface area (Å²) in [7, 11) is 0. The Morgan fingerprint density at radius 1 is 1.11 bits per heavy atom. The van der Waals surface area contributed by atoms with Gasteiger partial charge < -0.3 is 15.2 Å². The standard InChI is InChI=1S/C14H12FNO3/c15-13-7-2-1-4-10(13)9-18-11-5-3-6-12(8-11)19-14(16)17/h1-8H,9H2,(H2,16,17). The van der Waals surface area contributed by atoms with E-state index < -0.39 is 6.09 Å². The number of benzene rings is 2. The maximum atomic E-state index is 13.4. The Morgan fingerprint density at radius 3 is 2.58 bits per heavy atom. The van der Waals surface area contributed by atoms with Crippen LogP contribution in [0.3, 0.4) is 0 Å². The first-order valence-corrected chi connectivity index (χ1v) is 5.59. The van der Waals surface area contributed by atoms with Crippen LogP contribution in [0.1, 0.15) is 5.56 Å². The highest BCUT2D eigenvalue weighted by molar-refractivity contribution is 5.68. The van der Waals surface area contributed by atoms with Gasteiger partial charge in [-0.05, 0) is 18.2 Å². The van der Waals surface area contributed by atoms with Crippen LogP contribution in [0, 0.1) is 5.82 Å². The van der Waals surface area contributed by atoms with Crippen molar-refractivity contribution >= 4 is 6.09 Å². The van der Waals surface area contributed by atoms with Gasteiger partial charge in [-0.1, -0.05) is 24.3 Å². The van der Waals surface area contributed by atoms with Crippen molar-refractivity contribution in [3.05, 3.63) is 59.9 Å². The molecule has 0 aliphatic rings. The van der Waals surface area contributed by atoms with Gasteiger partial charge in [-0.15, -0.1) is 0 Å². The van der Waals surface area contributed by atoms with Crippen molar-refractivity contribution in [1.82, 2.24) is 0 Å². The Bertz CT molecular complexity index is 586. The minimum Gasteiger partial charge on any atom is -0.489 e. The molecule has 98 valence electrons. The highest BCUT2D eigenvalue weighted by Gasteiger charge is 2.04. The molecule has 0 heterocycles. The van der Waals surface area contributed by atoms with Crippen LogP contribution >= 0.6 is 0 Å². The lowest BCUT2D eigenvalue weighted by Crippen LogP contribution is -2.16. The maximum absolute atomic E-state index is 13.4. The molecule has 19 heavy (non-hydrogen) atoms. The first kappa shape index (κ1) is 12.9. The summed E-state index contributed by atoms with van der Waals surface area (Å²) in [5.41, 5.74) is 5.36. The van der Waals surface area contributed by atoms with Crippen molar-refractivity contribution in [2.24, 2.45) is 5.73 Å². The molecule has 0 aliphatic heterocycles. The van der Waals surface area contributed by atoms with E-state index in [9.17, 15) is 9.18 Å². The largest absolute Gasteiger partial charge is 0.489 e. The summed E-state index contributed by atoms with van der Waals surface area (Å²) in [6.07, 6.45) is -0.897. The second-order valence-corrected chi connectivity index (χ2v) is 3.78. The van der Waals surface area contributed by atoms with E-state index in [4.69, 9.17) is 15.2 Å². The zero-order chi connectivity index (χ0) is 13.7. The monoisotopic (exact) mass is 261 g/mol. The fraction of sp³-hybridized carbons (Fsp3) is 0.0714. The smallest absolute Gasteiger partial charge is 0.409 e. The number of carbonyl (C=O) groups excluding carboxylic acids is 1. The molecule has 1 amide bonds. The molecular weight excluding hydrogens is 249 g/mol. The van der Waals surface area contributed by atoms with E-state index in [-0.39, 0.29) is 18.2 Å².